The zero-order chi connectivity index (χ0) is 13.9. The highest BCUT2D eigenvalue weighted by atomic mass is 19.1. The molecule has 102 valence electrons. The molecule has 3 aromatic heterocycles. The van der Waals surface area contributed by atoms with E-state index < -0.39 is 5.95 Å². The van der Waals surface area contributed by atoms with Crippen LogP contribution in [0.5, 0.6) is 0 Å². The monoisotopic (exact) mass is 272 g/mol. The number of hydrogen-bond donors (Lipinski definition) is 1. The van der Waals surface area contributed by atoms with Crippen LogP contribution in [0.15, 0.2) is 53.4 Å². The smallest absolute Gasteiger partial charge is 0.214 e. The van der Waals surface area contributed by atoms with Gasteiger partial charge in [-0.15, -0.1) is 0 Å². The Hall–Kier alpha value is -2.63. The van der Waals surface area contributed by atoms with E-state index in [1.807, 2.05) is 23.9 Å². The number of aryl methyl sites for hydroxylation is 1. The fourth-order valence-corrected chi connectivity index (χ4v) is 2.01. The summed E-state index contributed by atoms with van der Waals surface area (Å²) < 4.78 is 20.5. The van der Waals surface area contributed by atoms with Crippen LogP contribution in [0.1, 0.15) is 17.6 Å². The molecule has 6 heteroatoms. The summed E-state index contributed by atoms with van der Waals surface area (Å²) in [4.78, 5) is 8.12. The number of pyridine rings is 1. The number of imidazole rings is 1. The van der Waals surface area contributed by atoms with Gasteiger partial charge in [-0.25, -0.2) is 9.97 Å². The van der Waals surface area contributed by atoms with Gasteiger partial charge in [0, 0.05) is 19.4 Å². The molecule has 1 atom stereocenters. The normalized spacial score (nSPS) is 12.3. The second kappa shape index (κ2) is 5.16. The quantitative estimate of drug-likeness (QED) is 0.742. The molecule has 1 unspecified atom stereocenters. The lowest BCUT2D eigenvalue weighted by Gasteiger charge is -2.17. The highest BCUT2D eigenvalue weighted by molar-refractivity contribution is 5.39. The van der Waals surface area contributed by atoms with Crippen molar-refractivity contribution in [3.05, 3.63) is 66.5 Å². The zero-order valence-corrected chi connectivity index (χ0v) is 10.8. The molecule has 20 heavy (non-hydrogen) atoms. The Balaban J connectivity index is 1.97. The van der Waals surface area contributed by atoms with Gasteiger partial charge < -0.3 is 14.3 Å². The number of hydrogen-bond acceptors (Lipinski definition) is 4. The molecule has 0 aromatic carbocycles. The number of nitrogens with zero attached hydrogens (tertiary/aromatic N) is 3. The molecule has 0 saturated heterocycles. The van der Waals surface area contributed by atoms with Gasteiger partial charge in [0.2, 0.25) is 5.95 Å². The number of anilines is 1. The Bertz CT molecular complexity index is 693. The summed E-state index contributed by atoms with van der Waals surface area (Å²) in [7, 11) is 1.89. The topological polar surface area (TPSA) is 55.9 Å². The molecule has 1 N–H and O–H groups in total. The third-order valence-corrected chi connectivity index (χ3v) is 2.95. The van der Waals surface area contributed by atoms with Gasteiger partial charge in [0.1, 0.15) is 23.4 Å². The first-order valence-electron chi connectivity index (χ1n) is 6.14. The van der Waals surface area contributed by atoms with Gasteiger partial charge in [-0.2, -0.15) is 4.39 Å². The summed E-state index contributed by atoms with van der Waals surface area (Å²) in [6.07, 6.45) is 5.13. The first-order valence-corrected chi connectivity index (χ1v) is 6.14. The molecule has 0 amide bonds. The van der Waals surface area contributed by atoms with Gasteiger partial charge in [-0.1, -0.05) is 6.07 Å². The lowest BCUT2D eigenvalue weighted by molar-refractivity contribution is 0.487. The van der Waals surface area contributed by atoms with Crippen LogP contribution in [0.3, 0.4) is 0 Å². The maximum atomic E-state index is 13.2. The number of halogens is 1. The van der Waals surface area contributed by atoms with Crippen LogP contribution in [0, 0.1) is 5.95 Å². The Morgan fingerprint density at radius 3 is 2.85 bits per heavy atom. The van der Waals surface area contributed by atoms with Gasteiger partial charge in [0.25, 0.3) is 0 Å². The minimum Gasteiger partial charge on any atom is -0.467 e. The molecule has 0 saturated carbocycles. The summed E-state index contributed by atoms with van der Waals surface area (Å²) in [5, 5.41) is 3.14. The van der Waals surface area contributed by atoms with E-state index in [4.69, 9.17) is 4.42 Å². The van der Waals surface area contributed by atoms with Crippen molar-refractivity contribution in [1.29, 1.82) is 0 Å². The van der Waals surface area contributed by atoms with Crippen molar-refractivity contribution < 1.29 is 8.81 Å². The van der Waals surface area contributed by atoms with E-state index in [1.165, 1.54) is 6.07 Å². The molecule has 3 rings (SSSR count). The third kappa shape index (κ3) is 2.40. The minimum absolute atomic E-state index is 0.334. The zero-order valence-electron chi connectivity index (χ0n) is 10.8. The lowest BCUT2D eigenvalue weighted by atomic mass is 10.2. The van der Waals surface area contributed by atoms with Crippen LogP contribution in [-0.2, 0) is 7.05 Å². The highest BCUT2D eigenvalue weighted by Gasteiger charge is 2.21. The van der Waals surface area contributed by atoms with Crippen LogP contribution in [0.4, 0.5) is 10.2 Å². The molecule has 3 heterocycles. The molecule has 0 fully saturated rings. The molecular formula is C14H13FN4O. The molecule has 3 aromatic rings. The predicted molar refractivity (Wildman–Crippen MR) is 71.6 cm³/mol. The second-order valence-electron chi connectivity index (χ2n) is 4.33. The molecular weight excluding hydrogens is 259 g/mol. The maximum Gasteiger partial charge on any atom is 0.214 e. The summed E-state index contributed by atoms with van der Waals surface area (Å²) in [6, 6.07) is 7.90. The molecule has 0 aliphatic carbocycles. The van der Waals surface area contributed by atoms with Gasteiger partial charge in [-0.05, 0) is 24.3 Å². The van der Waals surface area contributed by atoms with E-state index in [9.17, 15) is 4.39 Å². The van der Waals surface area contributed by atoms with Crippen molar-refractivity contribution in [3.63, 3.8) is 0 Å². The second-order valence-corrected chi connectivity index (χ2v) is 4.33. The largest absolute Gasteiger partial charge is 0.467 e. The van der Waals surface area contributed by atoms with Gasteiger partial charge in [0.05, 0.1) is 6.26 Å². The number of furan rings is 1. The van der Waals surface area contributed by atoms with Crippen molar-refractivity contribution in [3.8, 4) is 0 Å². The minimum atomic E-state index is -0.534. The molecule has 5 nitrogen and oxygen atoms in total. The van der Waals surface area contributed by atoms with Crippen molar-refractivity contribution in [2.24, 2.45) is 7.05 Å². The molecule has 0 radical (unpaired) electrons. The van der Waals surface area contributed by atoms with Crippen molar-refractivity contribution in [1.82, 2.24) is 14.5 Å². The summed E-state index contributed by atoms with van der Waals surface area (Å²) >= 11 is 0. The van der Waals surface area contributed by atoms with Crippen LogP contribution in [0.25, 0.3) is 0 Å². The average molecular weight is 272 g/mol. The van der Waals surface area contributed by atoms with Crippen LogP contribution < -0.4 is 5.32 Å². The molecule has 0 aliphatic rings. The third-order valence-electron chi connectivity index (χ3n) is 2.95. The SMILES string of the molecule is Cn1ccnc1C(Nc1cccc(F)n1)c1ccco1. The van der Waals surface area contributed by atoms with Gasteiger partial charge >= 0.3 is 0 Å². The standard InChI is InChI=1S/C14H13FN4O/c1-19-8-7-16-14(19)13(10-4-3-9-20-10)18-12-6-2-5-11(15)17-12/h2-9,13H,1H3,(H,17,18). The fourth-order valence-electron chi connectivity index (χ4n) is 2.01. The van der Waals surface area contributed by atoms with Crippen molar-refractivity contribution in [2.75, 3.05) is 5.32 Å². The molecule has 0 bridgehead atoms. The van der Waals surface area contributed by atoms with E-state index in [0.717, 1.165) is 5.82 Å². The number of rotatable bonds is 4. The average Bonchev–Trinajstić information content (AvgIpc) is 3.07. The highest BCUT2D eigenvalue weighted by Crippen LogP contribution is 2.24. The van der Waals surface area contributed by atoms with Crippen molar-refractivity contribution in [2.45, 2.75) is 6.04 Å². The van der Waals surface area contributed by atoms with Crippen LogP contribution in [0.2, 0.25) is 0 Å². The van der Waals surface area contributed by atoms with Gasteiger partial charge in [0.15, 0.2) is 0 Å². The van der Waals surface area contributed by atoms with E-state index in [1.54, 1.807) is 30.7 Å². The van der Waals surface area contributed by atoms with E-state index in [-0.39, 0.29) is 6.04 Å². The number of aromatic nitrogens is 3. The summed E-state index contributed by atoms with van der Waals surface area (Å²) in [5.41, 5.74) is 0. The van der Waals surface area contributed by atoms with E-state index in [2.05, 4.69) is 15.3 Å². The molecule has 0 aliphatic heterocycles. The number of nitrogens with one attached hydrogen (secondary N) is 1. The lowest BCUT2D eigenvalue weighted by Crippen LogP contribution is -2.17. The van der Waals surface area contributed by atoms with Gasteiger partial charge in [-0.3, -0.25) is 0 Å². The predicted octanol–water partition coefficient (Wildman–Crippen LogP) is 2.75. The first-order chi connectivity index (χ1) is 9.74. The summed E-state index contributed by atoms with van der Waals surface area (Å²) in [6.45, 7) is 0. The molecule has 0 spiro atoms. The van der Waals surface area contributed by atoms with E-state index in [0.29, 0.717) is 11.6 Å². The summed E-state index contributed by atoms with van der Waals surface area (Å²) in [5.74, 6) is 1.33. The van der Waals surface area contributed by atoms with E-state index >= 15 is 0 Å². The first kappa shape index (κ1) is 12.4. The van der Waals surface area contributed by atoms with Crippen LogP contribution >= 0.6 is 0 Å². The Morgan fingerprint density at radius 1 is 1.30 bits per heavy atom. The maximum absolute atomic E-state index is 13.2. The van der Waals surface area contributed by atoms with Crippen LogP contribution in [-0.4, -0.2) is 14.5 Å². The fraction of sp³-hybridized carbons (Fsp3) is 0.143. The van der Waals surface area contributed by atoms with Crippen molar-refractivity contribution >= 4 is 5.82 Å². The Kier molecular flexibility index (Phi) is 3.20. The Morgan fingerprint density at radius 2 is 2.20 bits per heavy atom. The Labute approximate surface area is 115 Å².